The Balaban J connectivity index is 1.70. The Morgan fingerprint density at radius 1 is 0.560 bits per heavy atom. The van der Waals surface area contributed by atoms with Gasteiger partial charge in [0.25, 0.3) is 0 Å². The average molecular weight is 689 g/mol. The molecule has 1 N–H and O–H groups in total. The summed E-state index contributed by atoms with van der Waals surface area (Å²) in [5, 5.41) is 11.9. The van der Waals surface area contributed by atoms with Crippen LogP contribution in [0.1, 0.15) is 107 Å². The molecule has 0 radical (unpaired) electrons. The second kappa shape index (κ2) is 23.0. The van der Waals surface area contributed by atoms with Gasteiger partial charge in [-0.2, -0.15) is 0 Å². The monoisotopic (exact) mass is 688 g/mol. The Hall–Kier alpha value is -4.50. The minimum atomic E-state index is -2.94. The molecule has 2 unspecified atom stereocenters. The Labute approximate surface area is 296 Å². The lowest BCUT2D eigenvalue weighted by Crippen LogP contribution is -2.57. The van der Waals surface area contributed by atoms with Gasteiger partial charge in [-0.1, -0.05) is 162 Å². The van der Waals surface area contributed by atoms with Crippen LogP contribution in [-0.2, 0) is 57.9 Å². The number of esters is 4. The summed E-state index contributed by atoms with van der Waals surface area (Å²) in [7, 11) is 0. The average Bonchev–Trinajstić information content (AvgIpc) is 3.14. The van der Waals surface area contributed by atoms with Gasteiger partial charge in [0.2, 0.25) is 11.7 Å². The first kappa shape index (κ1) is 39.9. The number of hydrogen-bond donors (Lipinski definition) is 1. The highest BCUT2D eigenvalue weighted by molar-refractivity contribution is 5.94. The van der Waals surface area contributed by atoms with Crippen LogP contribution >= 0.6 is 0 Å². The highest BCUT2D eigenvalue weighted by atomic mass is 16.6. The number of ether oxygens (including phenoxy) is 4. The van der Waals surface area contributed by atoms with Gasteiger partial charge in [-0.05, 0) is 23.1 Å². The van der Waals surface area contributed by atoms with Crippen LogP contribution in [0, 0.1) is 0 Å². The van der Waals surface area contributed by atoms with E-state index in [-0.39, 0.29) is 26.2 Å². The van der Waals surface area contributed by atoms with Crippen LogP contribution in [0.25, 0.3) is 0 Å². The highest BCUT2D eigenvalue weighted by Crippen LogP contribution is 2.26. The number of hydrogen-bond acceptors (Lipinski definition) is 9. The maximum Gasteiger partial charge on any atom is 0.351 e. The van der Waals surface area contributed by atoms with Crippen LogP contribution in [0.2, 0.25) is 0 Å². The van der Waals surface area contributed by atoms with E-state index in [9.17, 15) is 24.3 Å². The number of rotatable bonds is 24. The number of carbonyl (C=O) groups is 4. The highest BCUT2D eigenvalue weighted by Gasteiger charge is 2.55. The minimum Gasteiger partial charge on any atom is -0.461 e. The Kier molecular flexibility index (Phi) is 18.4. The summed E-state index contributed by atoms with van der Waals surface area (Å²) in [5.41, 5.74) is -1.03. The number of unbranched alkanes of at least 4 members (excludes halogenated alkanes) is 10. The number of carbonyl (C=O) groups excluding carboxylic acids is 4. The molecule has 3 aromatic rings. The van der Waals surface area contributed by atoms with Crippen molar-refractivity contribution >= 4 is 23.9 Å². The molecule has 3 rings (SSSR count). The van der Waals surface area contributed by atoms with Crippen molar-refractivity contribution in [2.45, 2.75) is 122 Å². The van der Waals surface area contributed by atoms with Gasteiger partial charge in [-0.15, -0.1) is 0 Å². The second-order valence-corrected chi connectivity index (χ2v) is 12.6. The van der Waals surface area contributed by atoms with Gasteiger partial charge in [0.15, 0.2) is 0 Å². The van der Waals surface area contributed by atoms with Crippen LogP contribution in [-0.4, -0.2) is 40.7 Å². The van der Waals surface area contributed by atoms with E-state index in [4.69, 9.17) is 18.9 Å². The Morgan fingerprint density at radius 2 is 0.980 bits per heavy atom. The van der Waals surface area contributed by atoms with Crippen LogP contribution in [0.15, 0.2) is 91.0 Å². The molecule has 9 nitrogen and oxygen atoms in total. The van der Waals surface area contributed by atoms with E-state index in [0.29, 0.717) is 23.1 Å². The van der Waals surface area contributed by atoms with Gasteiger partial charge in [-0.25, -0.2) is 9.59 Å². The molecule has 9 heteroatoms. The van der Waals surface area contributed by atoms with Crippen molar-refractivity contribution < 1.29 is 43.2 Å². The third-order valence-corrected chi connectivity index (χ3v) is 8.33. The second-order valence-electron chi connectivity index (χ2n) is 12.6. The first-order valence-corrected chi connectivity index (χ1v) is 17.8. The molecular formula is C41H52O9. The molecule has 0 heterocycles. The zero-order valence-corrected chi connectivity index (χ0v) is 29.3. The predicted molar refractivity (Wildman–Crippen MR) is 189 cm³/mol. The first-order valence-electron chi connectivity index (χ1n) is 17.8. The summed E-state index contributed by atoms with van der Waals surface area (Å²) in [6.45, 7) is 1.58. The third kappa shape index (κ3) is 14.9. The zero-order valence-electron chi connectivity index (χ0n) is 29.3. The van der Waals surface area contributed by atoms with Crippen LogP contribution in [0.5, 0.6) is 0 Å². The largest absolute Gasteiger partial charge is 0.461 e. The van der Waals surface area contributed by atoms with Gasteiger partial charge in [-0.3, -0.25) is 9.59 Å². The predicted octanol–water partition coefficient (Wildman–Crippen LogP) is 7.95. The molecule has 0 saturated carbocycles. The summed E-state index contributed by atoms with van der Waals surface area (Å²) < 4.78 is 21.7. The van der Waals surface area contributed by atoms with E-state index in [0.717, 1.165) is 25.7 Å². The topological polar surface area (TPSA) is 125 Å². The molecule has 3 aromatic carbocycles. The van der Waals surface area contributed by atoms with E-state index in [1.165, 1.54) is 38.5 Å². The molecule has 0 aromatic heterocycles. The number of benzene rings is 3. The molecule has 2 atom stereocenters. The minimum absolute atomic E-state index is 0.0485. The maximum absolute atomic E-state index is 13.6. The first-order chi connectivity index (χ1) is 24.3. The molecule has 0 bridgehead atoms. The van der Waals surface area contributed by atoms with Crippen molar-refractivity contribution in [3.05, 3.63) is 108 Å². The van der Waals surface area contributed by atoms with E-state index < -0.39 is 42.0 Å². The molecular weight excluding hydrogens is 636 g/mol. The standard InChI is InChI=1S/C41H52O9/c1-2-3-4-5-6-7-8-9-10-11-21-28-36(42)50-38(39(44)48-31-34-24-17-13-18-25-34)41(46,40(45)49-32-35-26-19-14-20-27-35)29-37(43)47-30-33-22-15-12-16-23-33/h12-20,22-27,38,46H,2-11,21,28-32H2,1H3. The lowest BCUT2D eigenvalue weighted by atomic mass is 9.92. The maximum atomic E-state index is 13.6. The van der Waals surface area contributed by atoms with E-state index >= 15 is 0 Å². The van der Waals surface area contributed by atoms with Gasteiger partial charge in [0.05, 0.1) is 6.42 Å². The summed E-state index contributed by atoms with van der Waals surface area (Å²) in [6, 6.07) is 26.3. The third-order valence-electron chi connectivity index (χ3n) is 8.33. The molecule has 0 spiro atoms. The number of aliphatic hydroxyl groups is 1. The van der Waals surface area contributed by atoms with Crippen molar-refractivity contribution in [1.29, 1.82) is 0 Å². The van der Waals surface area contributed by atoms with Crippen molar-refractivity contribution in [2.24, 2.45) is 0 Å². The smallest absolute Gasteiger partial charge is 0.351 e. The molecule has 0 aliphatic heterocycles. The van der Waals surface area contributed by atoms with Crippen LogP contribution < -0.4 is 0 Å². The molecule has 0 aliphatic carbocycles. The molecule has 270 valence electrons. The Bertz CT molecular complexity index is 1410. The summed E-state index contributed by atoms with van der Waals surface area (Å²) in [5.74, 6) is -4.34. The van der Waals surface area contributed by atoms with Crippen molar-refractivity contribution in [3.63, 3.8) is 0 Å². The lowest BCUT2D eigenvalue weighted by molar-refractivity contribution is -0.204. The SMILES string of the molecule is CCCCCCCCCCCCCC(=O)OC(C(=O)OCc1ccccc1)C(O)(CC(=O)OCc1ccccc1)C(=O)OCc1ccccc1. The zero-order chi connectivity index (χ0) is 35.9. The lowest BCUT2D eigenvalue weighted by Gasteiger charge is -2.31. The normalized spacial score (nSPS) is 12.7. The van der Waals surface area contributed by atoms with Crippen molar-refractivity contribution in [2.75, 3.05) is 0 Å². The van der Waals surface area contributed by atoms with Crippen LogP contribution in [0.3, 0.4) is 0 Å². The van der Waals surface area contributed by atoms with E-state index in [1.807, 2.05) is 6.07 Å². The van der Waals surface area contributed by atoms with Gasteiger partial charge < -0.3 is 24.1 Å². The van der Waals surface area contributed by atoms with Crippen LogP contribution in [0.4, 0.5) is 0 Å². The fourth-order valence-corrected chi connectivity index (χ4v) is 5.40. The molecule has 0 amide bonds. The summed E-state index contributed by atoms with van der Waals surface area (Å²) in [6.07, 6.45) is 8.68. The Morgan fingerprint density at radius 3 is 1.46 bits per heavy atom. The van der Waals surface area contributed by atoms with Crippen molar-refractivity contribution in [3.8, 4) is 0 Å². The van der Waals surface area contributed by atoms with Gasteiger partial charge in [0, 0.05) is 6.42 Å². The summed E-state index contributed by atoms with van der Waals surface area (Å²) in [4.78, 5) is 53.4. The summed E-state index contributed by atoms with van der Waals surface area (Å²) >= 11 is 0. The van der Waals surface area contributed by atoms with Gasteiger partial charge in [0.1, 0.15) is 19.8 Å². The quantitative estimate of drug-likeness (QED) is 0.0567. The van der Waals surface area contributed by atoms with Gasteiger partial charge >= 0.3 is 23.9 Å². The van der Waals surface area contributed by atoms with E-state index in [2.05, 4.69) is 6.92 Å². The fraction of sp³-hybridized carbons (Fsp3) is 0.463. The van der Waals surface area contributed by atoms with E-state index in [1.54, 1.807) is 84.9 Å². The molecule has 0 fully saturated rings. The molecule has 50 heavy (non-hydrogen) atoms. The van der Waals surface area contributed by atoms with Crippen molar-refractivity contribution in [1.82, 2.24) is 0 Å². The fourth-order valence-electron chi connectivity index (χ4n) is 5.40. The molecule has 0 saturated heterocycles. The molecule has 0 aliphatic rings.